The van der Waals surface area contributed by atoms with Gasteiger partial charge in [-0.25, -0.2) is 8.78 Å². The number of non-ortho nitro benzene ring substituents is 1. The van der Waals surface area contributed by atoms with E-state index in [9.17, 15) is 23.7 Å². The summed E-state index contributed by atoms with van der Waals surface area (Å²) in [5, 5.41) is 12.8. The molecule has 2 rings (SSSR count). The van der Waals surface area contributed by atoms with Crippen molar-refractivity contribution in [1.82, 2.24) is 0 Å². The topological polar surface area (TPSA) is 81.5 Å². The van der Waals surface area contributed by atoms with E-state index in [0.29, 0.717) is 6.07 Å². The van der Waals surface area contributed by atoms with Crippen LogP contribution < -0.4 is 10.1 Å². The summed E-state index contributed by atoms with van der Waals surface area (Å²) in [4.78, 5) is 21.4. The molecule has 0 aliphatic rings. The SMILES string of the molecule is O=C(COc1ccc([N+](=O)[O-])cc1F)Nc1ccc(F)cc1Cl. The Bertz CT molecular complexity index is 770. The van der Waals surface area contributed by atoms with Crippen LogP contribution in [0.3, 0.4) is 0 Å². The second kappa shape index (κ2) is 7.01. The Morgan fingerprint density at radius 2 is 2.00 bits per heavy atom. The molecule has 23 heavy (non-hydrogen) atoms. The Labute approximate surface area is 133 Å². The number of amides is 1. The van der Waals surface area contributed by atoms with Crippen molar-refractivity contribution in [3.05, 3.63) is 63.2 Å². The summed E-state index contributed by atoms with van der Waals surface area (Å²) in [6.45, 7) is -0.553. The second-order valence-electron chi connectivity index (χ2n) is 4.33. The van der Waals surface area contributed by atoms with E-state index in [4.69, 9.17) is 16.3 Å². The van der Waals surface area contributed by atoms with Crippen LogP contribution in [0.15, 0.2) is 36.4 Å². The van der Waals surface area contributed by atoms with Gasteiger partial charge in [0.1, 0.15) is 5.82 Å². The fourth-order valence-electron chi connectivity index (χ4n) is 1.64. The fourth-order valence-corrected chi connectivity index (χ4v) is 1.86. The molecule has 120 valence electrons. The highest BCUT2D eigenvalue weighted by Gasteiger charge is 2.13. The quantitative estimate of drug-likeness (QED) is 0.665. The molecule has 0 aromatic heterocycles. The van der Waals surface area contributed by atoms with Crippen LogP contribution >= 0.6 is 11.6 Å². The first-order chi connectivity index (χ1) is 10.9. The van der Waals surface area contributed by atoms with Crippen LogP contribution in [-0.2, 0) is 4.79 Å². The highest BCUT2D eigenvalue weighted by Crippen LogP contribution is 2.24. The van der Waals surface area contributed by atoms with Gasteiger partial charge in [-0.05, 0) is 24.3 Å². The zero-order chi connectivity index (χ0) is 17.0. The Morgan fingerprint density at radius 1 is 1.26 bits per heavy atom. The third kappa shape index (κ3) is 4.36. The molecule has 0 heterocycles. The Hall–Kier alpha value is -2.74. The zero-order valence-corrected chi connectivity index (χ0v) is 12.1. The number of nitrogens with zero attached hydrogens (tertiary/aromatic N) is 1. The number of rotatable bonds is 5. The van der Waals surface area contributed by atoms with Crippen molar-refractivity contribution in [2.45, 2.75) is 0 Å². The summed E-state index contributed by atoms with van der Waals surface area (Å²) in [6.07, 6.45) is 0. The number of ether oxygens (including phenoxy) is 1. The number of nitro benzene ring substituents is 1. The van der Waals surface area contributed by atoms with Gasteiger partial charge in [0.05, 0.1) is 21.7 Å². The smallest absolute Gasteiger partial charge is 0.272 e. The number of halogens is 3. The van der Waals surface area contributed by atoms with Gasteiger partial charge in [0.2, 0.25) is 0 Å². The maximum atomic E-state index is 13.6. The van der Waals surface area contributed by atoms with Crippen molar-refractivity contribution in [1.29, 1.82) is 0 Å². The van der Waals surface area contributed by atoms with E-state index in [1.807, 2.05) is 0 Å². The summed E-state index contributed by atoms with van der Waals surface area (Å²) in [6, 6.07) is 6.18. The molecule has 1 amide bonds. The molecule has 0 bridgehead atoms. The molecule has 6 nitrogen and oxygen atoms in total. The van der Waals surface area contributed by atoms with Gasteiger partial charge in [-0.2, -0.15) is 0 Å². The molecule has 2 aromatic carbocycles. The molecule has 0 radical (unpaired) electrons. The van der Waals surface area contributed by atoms with Crippen LogP contribution in [0.2, 0.25) is 5.02 Å². The Balaban J connectivity index is 1.98. The lowest BCUT2D eigenvalue weighted by molar-refractivity contribution is -0.385. The predicted octanol–water partition coefficient (Wildman–Crippen LogP) is 3.54. The standard InChI is InChI=1S/C14H9ClF2N2O4/c15-10-5-8(16)1-3-12(10)18-14(20)7-23-13-4-2-9(19(21)22)6-11(13)17/h1-6H,7H2,(H,18,20). The van der Waals surface area contributed by atoms with Crippen LogP contribution in [-0.4, -0.2) is 17.4 Å². The normalized spacial score (nSPS) is 10.2. The van der Waals surface area contributed by atoms with Gasteiger partial charge >= 0.3 is 0 Å². The zero-order valence-electron chi connectivity index (χ0n) is 11.4. The van der Waals surface area contributed by atoms with Crippen molar-refractivity contribution in [2.24, 2.45) is 0 Å². The van der Waals surface area contributed by atoms with Gasteiger partial charge in [-0.3, -0.25) is 14.9 Å². The monoisotopic (exact) mass is 342 g/mol. The van der Waals surface area contributed by atoms with E-state index < -0.39 is 34.8 Å². The van der Waals surface area contributed by atoms with Crippen molar-refractivity contribution in [2.75, 3.05) is 11.9 Å². The summed E-state index contributed by atoms with van der Waals surface area (Å²) in [7, 11) is 0. The molecule has 1 N–H and O–H groups in total. The van der Waals surface area contributed by atoms with Crippen molar-refractivity contribution in [3.63, 3.8) is 0 Å². The summed E-state index contributed by atoms with van der Waals surface area (Å²) in [5.74, 6) is -2.49. The number of benzene rings is 2. The molecule has 0 unspecified atom stereocenters. The third-order valence-electron chi connectivity index (χ3n) is 2.69. The number of carbonyl (C=O) groups is 1. The largest absolute Gasteiger partial charge is 0.481 e. The highest BCUT2D eigenvalue weighted by atomic mass is 35.5. The number of hydrogen-bond donors (Lipinski definition) is 1. The number of hydrogen-bond acceptors (Lipinski definition) is 4. The van der Waals surface area contributed by atoms with Crippen LogP contribution in [0.25, 0.3) is 0 Å². The van der Waals surface area contributed by atoms with E-state index in [0.717, 1.165) is 24.3 Å². The maximum Gasteiger partial charge on any atom is 0.272 e. The van der Waals surface area contributed by atoms with E-state index >= 15 is 0 Å². The highest BCUT2D eigenvalue weighted by molar-refractivity contribution is 6.33. The van der Waals surface area contributed by atoms with E-state index in [1.54, 1.807) is 0 Å². The lowest BCUT2D eigenvalue weighted by atomic mass is 10.3. The predicted molar refractivity (Wildman–Crippen MR) is 78.6 cm³/mol. The molecule has 0 atom stereocenters. The number of nitro groups is 1. The molecule has 2 aromatic rings. The van der Waals surface area contributed by atoms with Gasteiger partial charge in [0.15, 0.2) is 18.2 Å². The van der Waals surface area contributed by atoms with Crippen LogP contribution in [0.5, 0.6) is 5.75 Å². The number of nitrogens with one attached hydrogen (secondary N) is 1. The lowest BCUT2D eigenvalue weighted by Gasteiger charge is -2.09. The number of carbonyl (C=O) groups excluding carboxylic acids is 1. The first kappa shape index (κ1) is 16.6. The van der Waals surface area contributed by atoms with E-state index in [-0.39, 0.29) is 16.5 Å². The second-order valence-corrected chi connectivity index (χ2v) is 4.74. The first-order valence-electron chi connectivity index (χ1n) is 6.18. The van der Waals surface area contributed by atoms with Crippen LogP contribution in [0.1, 0.15) is 0 Å². The van der Waals surface area contributed by atoms with Crippen LogP contribution in [0, 0.1) is 21.7 Å². The van der Waals surface area contributed by atoms with Gasteiger partial charge in [0, 0.05) is 6.07 Å². The molecule has 9 heteroatoms. The third-order valence-corrected chi connectivity index (χ3v) is 3.00. The fraction of sp³-hybridized carbons (Fsp3) is 0.0714. The molecular weight excluding hydrogens is 334 g/mol. The minimum absolute atomic E-state index is 0.000124. The first-order valence-corrected chi connectivity index (χ1v) is 6.56. The molecule has 0 saturated carbocycles. The Morgan fingerprint density at radius 3 is 2.61 bits per heavy atom. The van der Waals surface area contributed by atoms with Gasteiger partial charge in [-0.1, -0.05) is 11.6 Å². The van der Waals surface area contributed by atoms with Gasteiger partial charge in [-0.15, -0.1) is 0 Å². The molecular formula is C14H9ClF2N2O4. The van der Waals surface area contributed by atoms with E-state index in [2.05, 4.69) is 5.32 Å². The van der Waals surface area contributed by atoms with Gasteiger partial charge < -0.3 is 10.1 Å². The van der Waals surface area contributed by atoms with Crippen molar-refractivity contribution < 1.29 is 23.2 Å². The average Bonchev–Trinajstić information content (AvgIpc) is 2.48. The molecule has 0 spiro atoms. The van der Waals surface area contributed by atoms with Gasteiger partial charge in [0.25, 0.3) is 11.6 Å². The van der Waals surface area contributed by atoms with E-state index in [1.165, 1.54) is 6.07 Å². The number of anilines is 1. The average molecular weight is 343 g/mol. The summed E-state index contributed by atoms with van der Waals surface area (Å²) < 4.78 is 31.4. The summed E-state index contributed by atoms with van der Waals surface area (Å²) in [5.41, 5.74) is -0.261. The molecule has 0 fully saturated rings. The van der Waals surface area contributed by atoms with Crippen LogP contribution in [0.4, 0.5) is 20.2 Å². The summed E-state index contributed by atoms with van der Waals surface area (Å²) >= 11 is 5.74. The molecule has 0 aliphatic carbocycles. The molecule has 0 saturated heterocycles. The maximum absolute atomic E-state index is 13.6. The minimum atomic E-state index is -0.966. The van der Waals surface area contributed by atoms with Crippen molar-refractivity contribution >= 4 is 28.9 Å². The van der Waals surface area contributed by atoms with Crippen molar-refractivity contribution in [3.8, 4) is 5.75 Å². The minimum Gasteiger partial charge on any atom is -0.481 e. The lowest BCUT2D eigenvalue weighted by Crippen LogP contribution is -2.20. The Kier molecular flexibility index (Phi) is 5.07. The molecule has 0 aliphatic heterocycles.